The number of hydrogen-bond donors (Lipinski definition) is 1. The minimum absolute atomic E-state index is 0.0439. The summed E-state index contributed by atoms with van der Waals surface area (Å²) < 4.78 is 21.7. The Bertz CT molecular complexity index is 614. The van der Waals surface area contributed by atoms with E-state index in [2.05, 4.69) is 5.32 Å². The monoisotopic (exact) mass is 350 g/mol. The lowest BCUT2D eigenvalue weighted by Crippen LogP contribution is -2.54. The van der Waals surface area contributed by atoms with Gasteiger partial charge in [0.25, 0.3) is 0 Å². The van der Waals surface area contributed by atoms with Crippen molar-refractivity contribution in [1.82, 2.24) is 10.2 Å². The van der Waals surface area contributed by atoms with Crippen molar-refractivity contribution in [1.29, 1.82) is 0 Å². The molecule has 1 aromatic rings. The van der Waals surface area contributed by atoms with Crippen molar-refractivity contribution in [2.45, 2.75) is 39.0 Å². The maximum atomic E-state index is 12.4. The molecule has 7 heteroatoms. The lowest BCUT2D eigenvalue weighted by molar-refractivity contribution is -0.0317. The Hall–Kier alpha value is -1.99. The van der Waals surface area contributed by atoms with E-state index < -0.39 is 5.60 Å². The summed E-state index contributed by atoms with van der Waals surface area (Å²) in [6.07, 6.45) is -0.286. The second kappa shape index (κ2) is 7.49. The molecule has 0 radical (unpaired) electrons. The van der Waals surface area contributed by atoms with Crippen molar-refractivity contribution >= 4 is 6.09 Å². The third kappa shape index (κ3) is 4.76. The van der Waals surface area contributed by atoms with Crippen LogP contribution in [-0.4, -0.2) is 55.7 Å². The first-order chi connectivity index (χ1) is 11.9. The lowest BCUT2D eigenvalue weighted by atomic mass is 10.2. The largest absolute Gasteiger partial charge is 0.454 e. The number of rotatable bonds is 4. The lowest BCUT2D eigenvalue weighted by Gasteiger charge is -2.36. The Morgan fingerprint density at radius 3 is 2.92 bits per heavy atom. The van der Waals surface area contributed by atoms with E-state index in [-0.39, 0.29) is 18.9 Å². The standard InChI is InChI=1S/C18H26N2O5/c1-18(2,3)25-17(21)20-6-7-22-11-14(20)10-19-9-13-4-5-15-16(8-13)24-12-23-15/h4-5,8,14,19H,6-7,9-12H2,1-3H3. The number of fused-ring (bicyclic) bond motifs is 1. The van der Waals surface area contributed by atoms with E-state index in [9.17, 15) is 4.79 Å². The van der Waals surface area contributed by atoms with Crippen LogP contribution in [0.4, 0.5) is 4.79 Å². The second-order valence-corrected chi connectivity index (χ2v) is 7.22. The van der Waals surface area contributed by atoms with Gasteiger partial charge in [0, 0.05) is 19.6 Å². The average molecular weight is 350 g/mol. The van der Waals surface area contributed by atoms with E-state index >= 15 is 0 Å². The summed E-state index contributed by atoms with van der Waals surface area (Å²) in [5.74, 6) is 1.55. The van der Waals surface area contributed by atoms with Gasteiger partial charge in [0.2, 0.25) is 6.79 Å². The zero-order valence-corrected chi connectivity index (χ0v) is 15.0. The van der Waals surface area contributed by atoms with Gasteiger partial charge in [0.15, 0.2) is 11.5 Å². The van der Waals surface area contributed by atoms with Crippen molar-refractivity contribution in [3.05, 3.63) is 23.8 Å². The Morgan fingerprint density at radius 2 is 2.12 bits per heavy atom. The predicted octanol–water partition coefficient (Wildman–Crippen LogP) is 2.14. The van der Waals surface area contributed by atoms with Gasteiger partial charge in [0.1, 0.15) is 5.60 Å². The maximum Gasteiger partial charge on any atom is 0.410 e. The Morgan fingerprint density at radius 1 is 1.32 bits per heavy atom. The Labute approximate surface area is 148 Å². The van der Waals surface area contributed by atoms with E-state index in [0.29, 0.717) is 32.8 Å². The van der Waals surface area contributed by atoms with E-state index in [0.717, 1.165) is 17.1 Å². The van der Waals surface area contributed by atoms with Crippen LogP contribution in [0, 0.1) is 0 Å². The van der Waals surface area contributed by atoms with Crippen LogP contribution < -0.4 is 14.8 Å². The molecule has 1 amide bonds. The highest BCUT2D eigenvalue weighted by atomic mass is 16.7. The van der Waals surface area contributed by atoms with Crippen LogP contribution in [0.2, 0.25) is 0 Å². The highest BCUT2D eigenvalue weighted by Gasteiger charge is 2.30. The van der Waals surface area contributed by atoms with Crippen LogP contribution >= 0.6 is 0 Å². The molecule has 1 atom stereocenters. The number of benzene rings is 1. The van der Waals surface area contributed by atoms with E-state index in [1.54, 1.807) is 4.90 Å². The molecule has 2 aliphatic rings. The van der Waals surface area contributed by atoms with Gasteiger partial charge in [-0.1, -0.05) is 6.07 Å². The molecule has 7 nitrogen and oxygen atoms in total. The van der Waals surface area contributed by atoms with Crippen molar-refractivity contribution in [2.75, 3.05) is 33.1 Å². The molecule has 0 bridgehead atoms. The van der Waals surface area contributed by atoms with Crippen LogP contribution in [0.1, 0.15) is 26.3 Å². The molecular weight excluding hydrogens is 324 g/mol. The molecule has 1 unspecified atom stereocenters. The molecule has 0 spiro atoms. The van der Waals surface area contributed by atoms with Gasteiger partial charge in [-0.15, -0.1) is 0 Å². The highest BCUT2D eigenvalue weighted by Crippen LogP contribution is 2.32. The van der Waals surface area contributed by atoms with Crippen LogP contribution in [0.15, 0.2) is 18.2 Å². The number of hydrogen-bond acceptors (Lipinski definition) is 6. The molecule has 1 fully saturated rings. The van der Waals surface area contributed by atoms with E-state index in [1.807, 2.05) is 39.0 Å². The molecule has 2 heterocycles. The summed E-state index contributed by atoms with van der Waals surface area (Å²) >= 11 is 0. The van der Waals surface area contributed by atoms with Crippen molar-refractivity contribution in [3.63, 3.8) is 0 Å². The minimum Gasteiger partial charge on any atom is -0.454 e. The van der Waals surface area contributed by atoms with Gasteiger partial charge in [-0.2, -0.15) is 0 Å². The van der Waals surface area contributed by atoms with Crippen molar-refractivity contribution < 1.29 is 23.7 Å². The number of nitrogens with zero attached hydrogens (tertiary/aromatic N) is 1. The van der Waals surface area contributed by atoms with Gasteiger partial charge in [0.05, 0.1) is 19.3 Å². The van der Waals surface area contributed by atoms with Crippen molar-refractivity contribution in [2.24, 2.45) is 0 Å². The second-order valence-electron chi connectivity index (χ2n) is 7.22. The van der Waals surface area contributed by atoms with Gasteiger partial charge in [-0.05, 0) is 38.5 Å². The smallest absolute Gasteiger partial charge is 0.410 e. The number of carbonyl (C=O) groups is 1. The van der Waals surface area contributed by atoms with Gasteiger partial charge >= 0.3 is 6.09 Å². The summed E-state index contributed by atoms with van der Waals surface area (Å²) in [4.78, 5) is 14.1. The van der Waals surface area contributed by atoms with Gasteiger partial charge < -0.3 is 24.3 Å². The first kappa shape index (κ1) is 17.8. The number of carbonyl (C=O) groups excluding carboxylic acids is 1. The summed E-state index contributed by atoms with van der Waals surface area (Å²) in [6, 6.07) is 5.84. The molecule has 0 aliphatic carbocycles. The van der Waals surface area contributed by atoms with Crippen LogP contribution in [0.25, 0.3) is 0 Å². The average Bonchev–Trinajstić information content (AvgIpc) is 3.01. The molecule has 1 N–H and O–H groups in total. The van der Waals surface area contributed by atoms with Crippen LogP contribution in [0.5, 0.6) is 11.5 Å². The zero-order chi connectivity index (χ0) is 17.9. The fourth-order valence-corrected chi connectivity index (χ4v) is 2.82. The summed E-state index contributed by atoms with van der Waals surface area (Å²) in [6.45, 7) is 8.80. The fourth-order valence-electron chi connectivity index (χ4n) is 2.82. The van der Waals surface area contributed by atoms with Crippen LogP contribution in [-0.2, 0) is 16.0 Å². The number of nitrogens with one attached hydrogen (secondary N) is 1. The van der Waals surface area contributed by atoms with Crippen molar-refractivity contribution in [3.8, 4) is 11.5 Å². The quantitative estimate of drug-likeness (QED) is 0.897. The predicted molar refractivity (Wildman–Crippen MR) is 91.8 cm³/mol. The van der Waals surface area contributed by atoms with Crippen LogP contribution in [0.3, 0.4) is 0 Å². The summed E-state index contributed by atoms with van der Waals surface area (Å²) in [5, 5.41) is 3.38. The number of morpholine rings is 1. The first-order valence-corrected chi connectivity index (χ1v) is 8.59. The third-order valence-electron chi connectivity index (χ3n) is 4.00. The number of amides is 1. The SMILES string of the molecule is CC(C)(C)OC(=O)N1CCOCC1CNCc1ccc2c(c1)OCO2. The molecule has 25 heavy (non-hydrogen) atoms. The molecule has 0 aromatic heterocycles. The minimum atomic E-state index is -0.500. The third-order valence-corrected chi connectivity index (χ3v) is 4.00. The normalized spacial score (nSPS) is 19.8. The zero-order valence-electron chi connectivity index (χ0n) is 15.0. The van der Waals surface area contributed by atoms with E-state index in [1.165, 1.54) is 0 Å². The molecular formula is C18H26N2O5. The fraction of sp³-hybridized carbons (Fsp3) is 0.611. The topological polar surface area (TPSA) is 69.3 Å². The maximum absolute atomic E-state index is 12.4. The molecule has 138 valence electrons. The molecule has 1 saturated heterocycles. The molecule has 0 saturated carbocycles. The van der Waals surface area contributed by atoms with Gasteiger partial charge in [-0.25, -0.2) is 4.79 Å². The van der Waals surface area contributed by atoms with Gasteiger partial charge in [-0.3, -0.25) is 4.90 Å². The first-order valence-electron chi connectivity index (χ1n) is 8.59. The highest BCUT2D eigenvalue weighted by molar-refractivity contribution is 5.68. The molecule has 3 rings (SSSR count). The summed E-state index contributed by atoms with van der Waals surface area (Å²) in [7, 11) is 0. The molecule has 2 aliphatic heterocycles. The molecule has 1 aromatic carbocycles. The van der Waals surface area contributed by atoms with E-state index in [4.69, 9.17) is 18.9 Å². The summed E-state index contributed by atoms with van der Waals surface area (Å²) in [5.41, 5.74) is 0.602. The Kier molecular flexibility index (Phi) is 5.34. The Balaban J connectivity index is 1.52. The number of ether oxygens (including phenoxy) is 4.